The number of aliphatic hydroxyl groups excluding tert-OH is 2. The average molecular weight is 482 g/mol. The van der Waals surface area contributed by atoms with E-state index < -0.39 is 54.5 Å². The number of hydrogen-bond donors (Lipinski definition) is 7. The lowest BCUT2D eigenvalue weighted by atomic mass is 10.1. The molecule has 1 aromatic heterocycles. The van der Waals surface area contributed by atoms with Gasteiger partial charge in [0.25, 0.3) is 0 Å². The van der Waals surface area contributed by atoms with Crippen LogP contribution in [0, 0.1) is 0 Å². The molecule has 1 fully saturated rings. The number of nitrogens with two attached hydrogens (primary N) is 1. The molecule has 0 saturated carbocycles. The zero-order valence-corrected chi connectivity index (χ0v) is 16.8. The third kappa shape index (κ3) is 6.77. The predicted octanol–water partition coefficient (Wildman–Crippen LogP) is -0.891. The Morgan fingerprint density at radius 3 is 2.28 bits per heavy atom. The normalized spacial score (nSPS) is 29.3. The molecule has 166 valence electrons. The van der Waals surface area contributed by atoms with E-state index in [0.717, 1.165) is 6.26 Å². The fraction of sp³-hybridized carbons (Fsp3) is 0.500. The lowest BCUT2D eigenvalue weighted by Crippen LogP contribution is -2.33. The van der Waals surface area contributed by atoms with Gasteiger partial charge in [0.05, 0.1) is 12.3 Å². The molecule has 2 unspecified atom stereocenters. The first-order valence-corrected chi connectivity index (χ1v) is 11.8. The molecule has 8 N–H and O–H groups in total. The van der Waals surface area contributed by atoms with Gasteiger partial charge in [-0.25, -0.2) is 18.7 Å². The smallest absolute Gasteiger partial charge is 0.443 e. The zero-order chi connectivity index (χ0) is 22.2. The second-order valence-corrected chi connectivity index (χ2v) is 9.99. The van der Waals surface area contributed by atoms with Crippen LogP contribution in [-0.4, -0.2) is 59.7 Å². The van der Waals surface area contributed by atoms with Gasteiger partial charge in [0.2, 0.25) is 5.89 Å². The SMILES string of the molecule is C=C(N)c1nc([C@@H]2O[C@H](COP(=O)(O)OP(=O)(O)OP(=O)(O)O)[C@@H](O)[C@H]2O)co1. The maximum absolute atomic E-state index is 11.7. The van der Waals surface area contributed by atoms with Gasteiger partial charge >= 0.3 is 23.5 Å². The van der Waals surface area contributed by atoms with E-state index in [1.54, 1.807) is 0 Å². The van der Waals surface area contributed by atoms with Crippen LogP contribution in [0.1, 0.15) is 17.7 Å². The van der Waals surface area contributed by atoms with Gasteiger partial charge in [0.1, 0.15) is 36.4 Å². The summed E-state index contributed by atoms with van der Waals surface area (Å²) in [7, 11) is -16.6. The largest absolute Gasteiger partial charge is 0.490 e. The van der Waals surface area contributed by atoms with Crippen molar-refractivity contribution in [1.29, 1.82) is 0 Å². The Bertz CT molecular complexity index is 896. The second kappa shape index (κ2) is 8.65. The second-order valence-electron chi connectivity index (χ2n) is 5.57. The van der Waals surface area contributed by atoms with Gasteiger partial charge in [-0.1, -0.05) is 6.58 Å². The Morgan fingerprint density at radius 1 is 1.14 bits per heavy atom. The van der Waals surface area contributed by atoms with E-state index in [-0.39, 0.29) is 17.3 Å². The predicted molar refractivity (Wildman–Crippen MR) is 89.2 cm³/mol. The molecule has 0 radical (unpaired) electrons. The van der Waals surface area contributed by atoms with Crippen LogP contribution in [0.2, 0.25) is 0 Å². The van der Waals surface area contributed by atoms with Crippen LogP contribution in [0.25, 0.3) is 5.70 Å². The summed E-state index contributed by atoms with van der Waals surface area (Å²) in [5, 5.41) is 20.0. The molecule has 29 heavy (non-hydrogen) atoms. The molecule has 1 aromatic rings. The highest BCUT2D eigenvalue weighted by molar-refractivity contribution is 7.66. The van der Waals surface area contributed by atoms with Crippen molar-refractivity contribution < 1.29 is 65.8 Å². The summed E-state index contributed by atoms with van der Waals surface area (Å²) >= 11 is 0. The van der Waals surface area contributed by atoms with E-state index in [4.69, 9.17) is 29.6 Å². The third-order valence-electron chi connectivity index (χ3n) is 3.27. The van der Waals surface area contributed by atoms with Crippen LogP contribution in [0.4, 0.5) is 0 Å². The highest BCUT2D eigenvalue weighted by atomic mass is 31.3. The molecule has 0 aliphatic carbocycles. The topological polar surface area (TPSA) is 262 Å². The first kappa shape index (κ1) is 24.3. The number of ether oxygens (including phenoxy) is 1. The molecule has 2 rings (SSSR count). The first-order valence-electron chi connectivity index (χ1n) is 7.30. The van der Waals surface area contributed by atoms with Gasteiger partial charge in [-0.2, -0.15) is 8.62 Å². The Labute approximate surface area is 162 Å². The Balaban J connectivity index is 2.01. The monoisotopic (exact) mass is 482 g/mol. The van der Waals surface area contributed by atoms with Crippen molar-refractivity contribution in [3.63, 3.8) is 0 Å². The summed E-state index contributed by atoms with van der Waals surface area (Å²) in [5.74, 6) is -0.0676. The van der Waals surface area contributed by atoms with Gasteiger partial charge in [-0.15, -0.1) is 0 Å². The first-order chi connectivity index (χ1) is 13.1. The van der Waals surface area contributed by atoms with Crippen LogP contribution in [0.5, 0.6) is 0 Å². The third-order valence-corrected chi connectivity index (χ3v) is 7.07. The molecule has 0 spiro atoms. The van der Waals surface area contributed by atoms with Crippen molar-refractivity contribution in [3.8, 4) is 0 Å². The van der Waals surface area contributed by atoms with Gasteiger partial charge in [-0.05, 0) is 0 Å². The number of phosphoric ester groups is 1. The Kier molecular flexibility index (Phi) is 7.25. The summed E-state index contributed by atoms with van der Waals surface area (Å²) in [6, 6.07) is 0. The van der Waals surface area contributed by atoms with Crippen LogP contribution < -0.4 is 5.73 Å². The quantitative estimate of drug-likeness (QED) is 0.210. The van der Waals surface area contributed by atoms with Gasteiger partial charge < -0.3 is 44.7 Å². The van der Waals surface area contributed by atoms with E-state index in [2.05, 4.69) is 24.7 Å². The molecule has 0 bridgehead atoms. The minimum absolute atomic E-state index is 0.0129. The van der Waals surface area contributed by atoms with Crippen LogP contribution >= 0.6 is 23.5 Å². The number of hydrogen-bond acceptors (Lipinski definition) is 12. The molecule has 1 aliphatic rings. The number of rotatable bonds is 9. The standard InChI is InChI=1S/C10H17N2O14P3/c1-4(11)10-12-5(2-22-10)9-8(14)7(13)6(24-9)3-23-28(18,19)26-29(20,21)25-27(15,16)17/h2,6-9,13-14H,1,3,11H2,(H,18,19)(H,20,21)(H2,15,16,17)/t6-,7-,8-,9+/m1/s1. The van der Waals surface area contributed by atoms with Crippen molar-refractivity contribution in [1.82, 2.24) is 4.98 Å². The maximum atomic E-state index is 11.7. The fourth-order valence-corrected chi connectivity index (χ4v) is 5.20. The lowest BCUT2D eigenvalue weighted by Gasteiger charge is -2.19. The van der Waals surface area contributed by atoms with Crippen molar-refractivity contribution >= 4 is 29.2 Å². The van der Waals surface area contributed by atoms with E-state index in [0.29, 0.717) is 0 Å². The summed E-state index contributed by atoms with van der Waals surface area (Å²) in [4.78, 5) is 39.2. The average Bonchev–Trinajstić information content (AvgIpc) is 3.09. The van der Waals surface area contributed by atoms with E-state index in [1.807, 2.05) is 0 Å². The van der Waals surface area contributed by atoms with Gasteiger partial charge in [-0.3, -0.25) is 4.52 Å². The summed E-state index contributed by atoms with van der Waals surface area (Å²) in [5.41, 5.74) is 5.39. The molecule has 16 nitrogen and oxygen atoms in total. The molecule has 19 heteroatoms. The number of phosphoric acid groups is 3. The molecular formula is C10H17N2O14P3. The summed E-state index contributed by atoms with van der Waals surface area (Å²) in [6.45, 7) is 2.44. The van der Waals surface area contributed by atoms with Crippen molar-refractivity contribution in [3.05, 3.63) is 24.4 Å². The minimum atomic E-state index is -5.69. The minimum Gasteiger partial charge on any atom is -0.443 e. The van der Waals surface area contributed by atoms with Gasteiger partial charge in [0.15, 0.2) is 0 Å². The molecule has 6 atom stereocenters. The van der Waals surface area contributed by atoms with E-state index in [1.165, 1.54) is 0 Å². The molecule has 0 aromatic carbocycles. The lowest BCUT2D eigenvalue weighted by molar-refractivity contribution is -0.0234. The van der Waals surface area contributed by atoms with Crippen LogP contribution in [-0.2, 0) is 31.6 Å². The summed E-state index contributed by atoms with van der Waals surface area (Å²) < 4.78 is 55.2. The van der Waals surface area contributed by atoms with E-state index >= 15 is 0 Å². The van der Waals surface area contributed by atoms with Gasteiger partial charge in [0, 0.05) is 0 Å². The molecule has 1 saturated heterocycles. The van der Waals surface area contributed by atoms with Crippen molar-refractivity contribution in [2.45, 2.75) is 24.4 Å². The summed E-state index contributed by atoms with van der Waals surface area (Å²) in [6.07, 6.45) is -4.86. The highest BCUT2D eigenvalue weighted by Crippen LogP contribution is 2.66. The van der Waals surface area contributed by atoms with E-state index in [9.17, 15) is 28.8 Å². The molecular weight excluding hydrogens is 465 g/mol. The molecule has 2 heterocycles. The highest BCUT2D eigenvalue weighted by Gasteiger charge is 2.47. The molecule has 1 aliphatic heterocycles. The number of nitrogens with zero attached hydrogens (tertiary/aromatic N) is 1. The maximum Gasteiger partial charge on any atom is 0.490 e. The van der Waals surface area contributed by atoms with Crippen LogP contribution in [0.15, 0.2) is 17.3 Å². The Morgan fingerprint density at radius 2 is 1.76 bits per heavy atom. The molecule has 0 amide bonds. The number of aliphatic hydroxyl groups is 2. The van der Waals surface area contributed by atoms with Crippen molar-refractivity contribution in [2.75, 3.05) is 6.61 Å². The number of oxazole rings is 1. The fourth-order valence-electron chi connectivity index (χ4n) is 2.17. The van der Waals surface area contributed by atoms with Crippen molar-refractivity contribution in [2.24, 2.45) is 5.73 Å². The zero-order valence-electron chi connectivity index (χ0n) is 14.1. The Hall–Kier alpha value is -0.960. The van der Waals surface area contributed by atoms with Crippen LogP contribution in [0.3, 0.4) is 0 Å². The number of aromatic nitrogens is 1.